The summed E-state index contributed by atoms with van der Waals surface area (Å²) in [6, 6.07) is 10.8. The van der Waals surface area contributed by atoms with E-state index in [1.54, 1.807) is 6.20 Å². The van der Waals surface area contributed by atoms with Crippen molar-refractivity contribution >= 4 is 5.91 Å². The van der Waals surface area contributed by atoms with Gasteiger partial charge in [-0.05, 0) is 66.0 Å². The molecule has 27 heavy (non-hydrogen) atoms. The number of nitrogens with zero attached hydrogens (tertiary/aromatic N) is 2. The van der Waals surface area contributed by atoms with Gasteiger partial charge in [0.1, 0.15) is 0 Å². The maximum Gasteiger partial charge on any atom is 0.229 e. The van der Waals surface area contributed by atoms with Crippen LogP contribution in [0.5, 0.6) is 0 Å². The van der Waals surface area contributed by atoms with E-state index in [1.165, 1.54) is 11.1 Å². The van der Waals surface area contributed by atoms with E-state index in [9.17, 15) is 4.79 Å². The first-order valence-corrected chi connectivity index (χ1v) is 10.1. The average molecular weight is 364 g/mol. The molecule has 2 N–H and O–H groups in total. The number of pyridine rings is 1. The molecule has 2 atom stereocenters. The Labute approximate surface area is 161 Å². The highest BCUT2D eigenvalue weighted by atomic mass is 16.2. The molecular weight excluding hydrogens is 334 g/mol. The highest BCUT2D eigenvalue weighted by Gasteiger charge is 2.48. The zero-order valence-electron chi connectivity index (χ0n) is 16.3. The van der Waals surface area contributed by atoms with E-state index < -0.39 is 0 Å². The van der Waals surface area contributed by atoms with Crippen molar-refractivity contribution in [2.24, 2.45) is 17.1 Å². The maximum atomic E-state index is 13.5. The molecule has 4 rings (SSSR count). The van der Waals surface area contributed by atoms with E-state index in [4.69, 9.17) is 5.73 Å². The monoisotopic (exact) mass is 363 g/mol. The molecule has 1 saturated carbocycles. The molecule has 1 aliphatic carbocycles. The summed E-state index contributed by atoms with van der Waals surface area (Å²) in [6.45, 7) is 5.86. The van der Waals surface area contributed by atoms with Crippen molar-refractivity contribution in [3.63, 3.8) is 0 Å². The van der Waals surface area contributed by atoms with Gasteiger partial charge in [0.05, 0.1) is 5.41 Å². The molecule has 2 aliphatic rings. The van der Waals surface area contributed by atoms with Gasteiger partial charge in [-0.1, -0.05) is 32.0 Å². The van der Waals surface area contributed by atoms with Gasteiger partial charge in [0.2, 0.25) is 5.91 Å². The molecule has 1 aliphatic heterocycles. The van der Waals surface area contributed by atoms with E-state index in [1.807, 2.05) is 12.3 Å². The summed E-state index contributed by atoms with van der Waals surface area (Å²) >= 11 is 0. The summed E-state index contributed by atoms with van der Waals surface area (Å²) in [5.41, 5.74) is 10.8. The molecule has 1 amide bonds. The Morgan fingerprint density at radius 1 is 1.26 bits per heavy atom. The number of fused-ring (bicyclic) bond motifs is 1. The molecule has 1 aromatic heterocycles. The number of carbonyl (C=O) groups is 1. The third-order valence-electron chi connectivity index (χ3n) is 6.62. The number of hydrogen-bond acceptors (Lipinski definition) is 3. The van der Waals surface area contributed by atoms with Crippen LogP contribution < -0.4 is 5.73 Å². The number of carbonyl (C=O) groups excluding carboxylic acids is 1. The fourth-order valence-electron chi connectivity index (χ4n) is 4.84. The second-order valence-corrected chi connectivity index (χ2v) is 8.52. The van der Waals surface area contributed by atoms with Crippen LogP contribution in [-0.4, -0.2) is 28.4 Å². The molecule has 4 nitrogen and oxygen atoms in total. The van der Waals surface area contributed by atoms with Gasteiger partial charge in [0.15, 0.2) is 0 Å². The minimum Gasteiger partial charge on any atom is -0.338 e. The Balaban J connectivity index is 1.60. The number of aromatic nitrogens is 1. The van der Waals surface area contributed by atoms with Gasteiger partial charge in [-0.25, -0.2) is 0 Å². The van der Waals surface area contributed by atoms with E-state index >= 15 is 0 Å². The Bertz CT molecular complexity index is 833. The Morgan fingerprint density at radius 3 is 2.78 bits per heavy atom. The molecule has 0 radical (unpaired) electrons. The fraction of sp³-hybridized carbons (Fsp3) is 0.478. The normalized spacial score (nSPS) is 24.9. The lowest BCUT2D eigenvalue weighted by Gasteiger charge is -2.39. The van der Waals surface area contributed by atoms with Crippen LogP contribution >= 0.6 is 0 Å². The van der Waals surface area contributed by atoms with Crippen LogP contribution in [0.1, 0.15) is 44.2 Å². The third-order valence-corrected chi connectivity index (χ3v) is 6.62. The van der Waals surface area contributed by atoms with Gasteiger partial charge in [0.25, 0.3) is 0 Å². The predicted molar refractivity (Wildman–Crippen MR) is 108 cm³/mol. The number of hydrogen-bond donors (Lipinski definition) is 1. The number of nitrogens with two attached hydrogens (primary N) is 1. The summed E-state index contributed by atoms with van der Waals surface area (Å²) < 4.78 is 0. The van der Waals surface area contributed by atoms with Crippen LogP contribution in [0, 0.1) is 11.3 Å². The van der Waals surface area contributed by atoms with Gasteiger partial charge in [-0.2, -0.15) is 0 Å². The first kappa shape index (κ1) is 18.2. The van der Waals surface area contributed by atoms with Gasteiger partial charge in [0, 0.05) is 31.5 Å². The molecule has 0 spiro atoms. The first-order chi connectivity index (χ1) is 13.0. The standard InChI is InChI=1S/C23H29N3O/c1-16(2)23(9-7-21(24)13-23)22(27)26-11-8-17-5-6-18(12-20(17)15-26)19-4-3-10-25-14-19/h3-6,10,12,14,16,21H,7-9,11,13,15,24H2,1-2H3/t21-,23+/m1/s1. The molecular formula is C23H29N3O. The van der Waals surface area contributed by atoms with Crippen LogP contribution in [0.3, 0.4) is 0 Å². The molecule has 0 bridgehead atoms. The molecule has 0 unspecified atom stereocenters. The number of rotatable bonds is 3. The summed E-state index contributed by atoms with van der Waals surface area (Å²) in [5, 5.41) is 0. The maximum absolute atomic E-state index is 13.5. The molecule has 4 heteroatoms. The van der Waals surface area contributed by atoms with Gasteiger partial charge in [-0.15, -0.1) is 0 Å². The van der Waals surface area contributed by atoms with Crippen LogP contribution in [-0.2, 0) is 17.8 Å². The van der Waals surface area contributed by atoms with Crippen molar-refractivity contribution in [3.05, 3.63) is 53.9 Å². The predicted octanol–water partition coefficient (Wildman–Crippen LogP) is 3.79. The smallest absolute Gasteiger partial charge is 0.229 e. The largest absolute Gasteiger partial charge is 0.338 e. The molecule has 0 saturated heterocycles. The summed E-state index contributed by atoms with van der Waals surface area (Å²) in [4.78, 5) is 19.8. The minimum absolute atomic E-state index is 0.158. The second kappa shape index (κ2) is 7.08. The average Bonchev–Trinajstić information content (AvgIpc) is 3.10. The van der Waals surface area contributed by atoms with Crippen LogP contribution in [0.15, 0.2) is 42.7 Å². The van der Waals surface area contributed by atoms with Crippen molar-refractivity contribution in [1.82, 2.24) is 9.88 Å². The van der Waals surface area contributed by atoms with Crippen LogP contribution in [0.25, 0.3) is 11.1 Å². The highest BCUT2D eigenvalue weighted by Crippen LogP contribution is 2.46. The van der Waals surface area contributed by atoms with Gasteiger partial charge < -0.3 is 10.6 Å². The lowest BCUT2D eigenvalue weighted by atomic mass is 9.74. The van der Waals surface area contributed by atoms with Crippen LogP contribution in [0.4, 0.5) is 0 Å². The Kier molecular flexibility index (Phi) is 4.77. The summed E-state index contributed by atoms with van der Waals surface area (Å²) in [6.07, 6.45) is 7.31. The lowest BCUT2D eigenvalue weighted by molar-refractivity contribution is -0.145. The topological polar surface area (TPSA) is 59.2 Å². The SMILES string of the molecule is CC(C)[C@]1(C(=O)N2CCc3ccc(-c4cccnc4)cc3C2)CC[C@@H](N)C1. The molecule has 2 aromatic rings. The van der Waals surface area contributed by atoms with E-state index in [0.717, 1.165) is 43.4 Å². The number of amides is 1. The molecule has 142 valence electrons. The zero-order valence-corrected chi connectivity index (χ0v) is 16.3. The fourth-order valence-corrected chi connectivity index (χ4v) is 4.84. The Hall–Kier alpha value is -2.20. The van der Waals surface area contributed by atoms with Crippen molar-refractivity contribution in [1.29, 1.82) is 0 Å². The van der Waals surface area contributed by atoms with Crippen LogP contribution in [0.2, 0.25) is 0 Å². The third kappa shape index (κ3) is 3.27. The summed E-state index contributed by atoms with van der Waals surface area (Å²) in [5.74, 6) is 0.629. The van der Waals surface area contributed by atoms with Gasteiger partial charge in [-0.3, -0.25) is 9.78 Å². The quantitative estimate of drug-likeness (QED) is 0.903. The van der Waals surface area contributed by atoms with Crippen molar-refractivity contribution in [2.75, 3.05) is 6.54 Å². The van der Waals surface area contributed by atoms with Crippen molar-refractivity contribution in [3.8, 4) is 11.1 Å². The highest BCUT2D eigenvalue weighted by molar-refractivity contribution is 5.84. The van der Waals surface area contributed by atoms with E-state index in [2.05, 4.69) is 48.0 Å². The molecule has 1 fully saturated rings. The molecule has 2 heterocycles. The molecule has 1 aromatic carbocycles. The first-order valence-electron chi connectivity index (χ1n) is 10.1. The van der Waals surface area contributed by atoms with E-state index in [0.29, 0.717) is 18.4 Å². The van der Waals surface area contributed by atoms with Gasteiger partial charge >= 0.3 is 0 Å². The Morgan fingerprint density at radius 2 is 2.11 bits per heavy atom. The summed E-state index contributed by atoms with van der Waals surface area (Å²) in [7, 11) is 0. The van der Waals surface area contributed by atoms with E-state index in [-0.39, 0.29) is 11.5 Å². The minimum atomic E-state index is -0.280. The zero-order chi connectivity index (χ0) is 19.0. The lowest BCUT2D eigenvalue weighted by Crippen LogP contribution is -2.48. The van der Waals surface area contributed by atoms with Crippen molar-refractivity contribution in [2.45, 2.75) is 52.1 Å². The van der Waals surface area contributed by atoms with Crippen molar-refractivity contribution < 1.29 is 4.79 Å². The number of benzene rings is 1. The second-order valence-electron chi connectivity index (χ2n) is 8.52.